The van der Waals surface area contributed by atoms with Crippen LogP contribution in [-0.4, -0.2) is 61.8 Å². The number of hydrogen-bond acceptors (Lipinski definition) is 4. The summed E-state index contributed by atoms with van der Waals surface area (Å²) in [5.41, 5.74) is 0. The van der Waals surface area contributed by atoms with Crippen LogP contribution in [0, 0.1) is 0 Å². The first-order valence-electron chi connectivity index (χ1n) is 6.06. The highest BCUT2D eigenvalue weighted by molar-refractivity contribution is 7.99. The highest BCUT2D eigenvalue weighted by Gasteiger charge is 2.15. The van der Waals surface area contributed by atoms with Crippen LogP contribution in [0.15, 0.2) is 0 Å². The third-order valence-electron chi connectivity index (χ3n) is 3.11. The van der Waals surface area contributed by atoms with E-state index in [0.29, 0.717) is 6.04 Å². The first kappa shape index (κ1) is 11.7. The molecule has 88 valence electrons. The smallest absolute Gasteiger partial charge is 0.0620 e. The second kappa shape index (κ2) is 6.74. The Bertz CT molecular complexity index is 166. The van der Waals surface area contributed by atoms with Gasteiger partial charge in [-0.3, -0.25) is 0 Å². The summed E-state index contributed by atoms with van der Waals surface area (Å²) in [7, 11) is 0. The van der Waals surface area contributed by atoms with Crippen LogP contribution in [-0.2, 0) is 4.74 Å². The van der Waals surface area contributed by atoms with Gasteiger partial charge in [0.05, 0.1) is 13.2 Å². The molecule has 0 saturated carbocycles. The number of nitrogens with one attached hydrogen (secondary N) is 1. The molecule has 2 fully saturated rings. The maximum atomic E-state index is 5.46. The molecule has 1 N–H and O–H groups in total. The monoisotopic (exact) mass is 230 g/mol. The molecular formula is C11H22N2OS. The zero-order valence-corrected chi connectivity index (χ0v) is 10.2. The highest BCUT2D eigenvalue weighted by atomic mass is 32.2. The molecule has 2 saturated heterocycles. The molecule has 2 aliphatic rings. The summed E-state index contributed by atoms with van der Waals surface area (Å²) >= 11 is 2.10. The van der Waals surface area contributed by atoms with Gasteiger partial charge in [-0.25, -0.2) is 0 Å². The predicted octanol–water partition coefficient (Wildman–Crippen LogP) is 0.804. The highest BCUT2D eigenvalue weighted by Crippen LogP contribution is 2.11. The van der Waals surface area contributed by atoms with Crippen molar-refractivity contribution in [1.29, 1.82) is 0 Å². The van der Waals surface area contributed by atoms with Gasteiger partial charge in [0.2, 0.25) is 0 Å². The van der Waals surface area contributed by atoms with Gasteiger partial charge in [0.15, 0.2) is 0 Å². The van der Waals surface area contributed by atoms with Crippen LogP contribution in [0.3, 0.4) is 0 Å². The normalized spacial score (nSPS) is 30.0. The average Bonchev–Trinajstić information content (AvgIpc) is 2.56. The number of ether oxygens (including phenoxy) is 1. The molecule has 0 spiro atoms. The van der Waals surface area contributed by atoms with Crippen LogP contribution < -0.4 is 5.32 Å². The second-order valence-electron chi connectivity index (χ2n) is 4.32. The lowest BCUT2D eigenvalue weighted by atomic mass is 10.2. The number of rotatable bonds is 3. The standard InChI is InChI=1S/C11H22N2OS/c1-4-13(6-9-15-8-1)5-2-11-10-14-7-3-12-11/h11-12H,1-10H2. The topological polar surface area (TPSA) is 24.5 Å². The van der Waals surface area contributed by atoms with Gasteiger partial charge in [0.25, 0.3) is 0 Å². The molecule has 0 aliphatic carbocycles. The number of hydrogen-bond donors (Lipinski definition) is 1. The zero-order chi connectivity index (χ0) is 10.3. The van der Waals surface area contributed by atoms with Crippen molar-refractivity contribution in [2.24, 2.45) is 0 Å². The van der Waals surface area contributed by atoms with E-state index in [1.165, 1.54) is 44.0 Å². The summed E-state index contributed by atoms with van der Waals surface area (Å²) in [4.78, 5) is 2.61. The van der Waals surface area contributed by atoms with E-state index in [1.807, 2.05) is 0 Å². The van der Waals surface area contributed by atoms with Crippen molar-refractivity contribution < 1.29 is 4.74 Å². The molecule has 2 heterocycles. The van der Waals surface area contributed by atoms with E-state index in [2.05, 4.69) is 22.0 Å². The molecule has 0 aromatic rings. The molecule has 0 radical (unpaired) electrons. The molecular weight excluding hydrogens is 208 g/mol. The van der Waals surface area contributed by atoms with Gasteiger partial charge in [0, 0.05) is 24.9 Å². The summed E-state index contributed by atoms with van der Waals surface area (Å²) < 4.78 is 5.46. The van der Waals surface area contributed by atoms with Crippen molar-refractivity contribution in [3.63, 3.8) is 0 Å². The second-order valence-corrected chi connectivity index (χ2v) is 5.55. The molecule has 2 rings (SSSR count). The van der Waals surface area contributed by atoms with Crippen LogP contribution >= 0.6 is 11.8 Å². The predicted molar refractivity (Wildman–Crippen MR) is 65.6 cm³/mol. The molecule has 1 unspecified atom stereocenters. The van der Waals surface area contributed by atoms with Gasteiger partial charge < -0.3 is 15.0 Å². The molecule has 0 aromatic carbocycles. The quantitative estimate of drug-likeness (QED) is 0.775. The van der Waals surface area contributed by atoms with Gasteiger partial charge in [-0.2, -0.15) is 11.8 Å². The third-order valence-corrected chi connectivity index (χ3v) is 4.16. The van der Waals surface area contributed by atoms with Crippen molar-refractivity contribution in [1.82, 2.24) is 10.2 Å². The van der Waals surface area contributed by atoms with E-state index in [9.17, 15) is 0 Å². The molecule has 3 nitrogen and oxygen atoms in total. The molecule has 1 atom stereocenters. The van der Waals surface area contributed by atoms with E-state index >= 15 is 0 Å². The Morgan fingerprint density at radius 3 is 3.20 bits per heavy atom. The van der Waals surface area contributed by atoms with Crippen LogP contribution in [0.2, 0.25) is 0 Å². The fraction of sp³-hybridized carbons (Fsp3) is 1.00. The van der Waals surface area contributed by atoms with E-state index in [4.69, 9.17) is 4.74 Å². The van der Waals surface area contributed by atoms with E-state index in [1.54, 1.807) is 0 Å². The van der Waals surface area contributed by atoms with Crippen molar-refractivity contribution in [3.8, 4) is 0 Å². The lowest BCUT2D eigenvalue weighted by Gasteiger charge is -2.27. The van der Waals surface area contributed by atoms with Gasteiger partial charge in [-0.05, 0) is 31.7 Å². The van der Waals surface area contributed by atoms with Crippen molar-refractivity contribution in [2.45, 2.75) is 18.9 Å². The summed E-state index contributed by atoms with van der Waals surface area (Å²) in [6.45, 7) is 6.63. The Labute approximate surface area is 96.9 Å². The molecule has 15 heavy (non-hydrogen) atoms. The Kier molecular flexibility index (Phi) is 5.26. The third kappa shape index (κ3) is 4.31. The minimum Gasteiger partial charge on any atom is -0.379 e. The van der Waals surface area contributed by atoms with Gasteiger partial charge in [-0.1, -0.05) is 0 Å². The largest absolute Gasteiger partial charge is 0.379 e. The first-order chi connectivity index (χ1) is 7.45. The minimum absolute atomic E-state index is 0.592. The van der Waals surface area contributed by atoms with E-state index in [-0.39, 0.29) is 0 Å². The number of morpholine rings is 1. The molecule has 0 amide bonds. The van der Waals surface area contributed by atoms with Crippen LogP contribution in [0.1, 0.15) is 12.8 Å². The minimum atomic E-state index is 0.592. The molecule has 4 heteroatoms. The number of nitrogens with zero attached hydrogens (tertiary/aromatic N) is 1. The van der Waals surface area contributed by atoms with Crippen molar-refractivity contribution in [3.05, 3.63) is 0 Å². The zero-order valence-electron chi connectivity index (χ0n) is 9.41. The van der Waals surface area contributed by atoms with Crippen molar-refractivity contribution in [2.75, 3.05) is 50.9 Å². The Morgan fingerprint density at radius 2 is 2.33 bits per heavy atom. The molecule has 0 bridgehead atoms. The van der Waals surface area contributed by atoms with E-state index < -0.39 is 0 Å². The van der Waals surface area contributed by atoms with Gasteiger partial charge >= 0.3 is 0 Å². The Hall–Kier alpha value is 0.230. The summed E-state index contributed by atoms with van der Waals surface area (Å²) in [5.74, 6) is 2.66. The fourth-order valence-corrected chi connectivity index (χ4v) is 3.09. The van der Waals surface area contributed by atoms with Crippen LogP contribution in [0.5, 0.6) is 0 Å². The molecule has 0 aromatic heterocycles. The Morgan fingerprint density at radius 1 is 1.33 bits per heavy atom. The average molecular weight is 230 g/mol. The van der Waals surface area contributed by atoms with Crippen LogP contribution in [0.25, 0.3) is 0 Å². The summed E-state index contributed by atoms with van der Waals surface area (Å²) in [6, 6.07) is 0.592. The fourth-order valence-electron chi connectivity index (χ4n) is 2.16. The van der Waals surface area contributed by atoms with E-state index in [0.717, 1.165) is 19.8 Å². The van der Waals surface area contributed by atoms with Crippen LogP contribution in [0.4, 0.5) is 0 Å². The number of thioether (sulfide) groups is 1. The first-order valence-corrected chi connectivity index (χ1v) is 7.22. The lowest BCUT2D eigenvalue weighted by molar-refractivity contribution is 0.0703. The lowest BCUT2D eigenvalue weighted by Crippen LogP contribution is -2.43. The van der Waals surface area contributed by atoms with Crippen molar-refractivity contribution >= 4 is 11.8 Å². The maximum Gasteiger partial charge on any atom is 0.0620 e. The summed E-state index contributed by atoms with van der Waals surface area (Å²) in [5, 5.41) is 3.52. The molecule has 2 aliphatic heterocycles. The van der Waals surface area contributed by atoms with Gasteiger partial charge in [-0.15, -0.1) is 0 Å². The maximum absolute atomic E-state index is 5.46. The Balaban J connectivity index is 1.62. The van der Waals surface area contributed by atoms with Gasteiger partial charge in [0.1, 0.15) is 0 Å². The summed E-state index contributed by atoms with van der Waals surface area (Å²) in [6.07, 6.45) is 2.60. The SMILES string of the molecule is C1CSCCN(CCC2COCCN2)C1.